The minimum Gasteiger partial charge on any atom is -0.368 e. The monoisotopic (exact) mass is 337 g/mol. The Balaban J connectivity index is 1.61. The molecule has 4 heterocycles. The van der Waals surface area contributed by atoms with Crippen LogP contribution in [0.3, 0.4) is 0 Å². The third-order valence-electron chi connectivity index (χ3n) is 4.33. The van der Waals surface area contributed by atoms with Gasteiger partial charge >= 0.3 is 0 Å². The standard InChI is InChI=1S/C18H19N5O2/c1-12-18(13(2)25-22-12)15-5-3-4-14(21-15)16-11-23(8-9-24-16)17-10-19-6-7-20-17/h3-7,10,16H,8-9,11H2,1-2H3/t16-/m0/s1. The van der Waals surface area contributed by atoms with Crippen molar-refractivity contribution >= 4 is 5.82 Å². The molecule has 7 nitrogen and oxygen atoms in total. The normalized spacial score (nSPS) is 17.7. The Bertz CT molecular complexity index is 845. The molecule has 0 saturated carbocycles. The van der Waals surface area contributed by atoms with E-state index in [1.54, 1.807) is 18.6 Å². The first-order valence-electron chi connectivity index (χ1n) is 8.25. The first kappa shape index (κ1) is 15.7. The first-order chi connectivity index (χ1) is 12.2. The van der Waals surface area contributed by atoms with Crippen LogP contribution in [-0.4, -0.2) is 39.8 Å². The molecule has 0 radical (unpaired) electrons. The van der Waals surface area contributed by atoms with Gasteiger partial charge in [0.2, 0.25) is 0 Å². The molecule has 0 amide bonds. The summed E-state index contributed by atoms with van der Waals surface area (Å²) >= 11 is 0. The number of aryl methyl sites for hydroxylation is 2. The Morgan fingerprint density at radius 3 is 2.88 bits per heavy atom. The molecule has 0 aliphatic carbocycles. The number of morpholine rings is 1. The number of nitrogens with zero attached hydrogens (tertiary/aromatic N) is 5. The average molecular weight is 337 g/mol. The average Bonchev–Trinajstić information content (AvgIpc) is 3.01. The molecule has 0 spiro atoms. The third-order valence-corrected chi connectivity index (χ3v) is 4.33. The van der Waals surface area contributed by atoms with Crippen molar-refractivity contribution < 1.29 is 9.26 Å². The van der Waals surface area contributed by atoms with Crippen LogP contribution in [0.2, 0.25) is 0 Å². The van der Waals surface area contributed by atoms with Gasteiger partial charge in [-0.25, -0.2) is 9.97 Å². The van der Waals surface area contributed by atoms with E-state index in [4.69, 9.17) is 14.2 Å². The number of ether oxygens (including phenoxy) is 1. The summed E-state index contributed by atoms with van der Waals surface area (Å²) in [6.45, 7) is 5.93. The lowest BCUT2D eigenvalue weighted by atomic mass is 10.1. The summed E-state index contributed by atoms with van der Waals surface area (Å²) in [5.41, 5.74) is 3.54. The van der Waals surface area contributed by atoms with Crippen LogP contribution in [-0.2, 0) is 4.74 Å². The van der Waals surface area contributed by atoms with Crippen LogP contribution in [0.4, 0.5) is 5.82 Å². The quantitative estimate of drug-likeness (QED) is 0.727. The summed E-state index contributed by atoms with van der Waals surface area (Å²) in [6.07, 6.45) is 5.04. The molecule has 3 aromatic heterocycles. The number of pyridine rings is 1. The van der Waals surface area contributed by atoms with Gasteiger partial charge in [-0.1, -0.05) is 11.2 Å². The molecule has 0 N–H and O–H groups in total. The Hall–Kier alpha value is -2.80. The lowest BCUT2D eigenvalue weighted by Crippen LogP contribution is -2.39. The van der Waals surface area contributed by atoms with Crippen molar-refractivity contribution in [1.82, 2.24) is 20.1 Å². The Morgan fingerprint density at radius 2 is 2.12 bits per heavy atom. The van der Waals surface area contributed by atoms with Gasteiger partial charge in [0.05, 0.1) is 42.0 Å². The van der Waals surface area contributed by atoms with Gasteiger partial charge in [0, 0.05) is 18.9 Å². The summed E-state index contributed by atoms with van der Waals surface area (Å²) in [4.78, 5) is 15.5. The lowest BCUT2D eigenvalue weighted by molar-refractivity contribution is 0.0368. The maximum absolute atomic E-state index is 5.96. The minimum absolute atomic E-state index is 0.115. The van der Waals surface area contributed by atoms with Crippen molar-refractivity contribution in [2.24, 2.45) is 0 Å². The van der Waals surface area contributed by atoms with Crippen molar-refractivity contribution in [3.05, 3.63) is 53.9 Å². The molecule has 1 atom stereocenters. The maximum atomic E-state index is 5.96. The smallest absolute Gasteiger partial charge is 0.147 e. The zero-order chi connectivity index (χ0) is 17.2. The molecule has 0 aromatic carbocycles. The van der Waals surface area contributed by atoms with Crippen molar-refractivity contribution in [2.45, 2.75) is 20.0 Å². The molecule has 1 aliphatic heterocycles. The SMILES string of the molecule is Cc1noc(C)c1-c1cccc([C@@H]2CN(c3cnccn3)CCO2)n1. The second kappa shape index (κ2) is 6.60. The molecular formula is C18H19N5O2. The van der Waals surface area contributed by atoms with Crippen LogP contribution in [0, 0.1) is 13.8 Å². The van der Waals surface area contributed by atoms with E-state index < -0.39 is 0 Å². The van der Waals surface area contributed by atoms with Crippen LogP contribution in [0.15, 0.2) is 41.3 Å². The topological polar surface area (TPSA) is 77.2 Å². The Labute approximate surface area is 145 Å². The number of hydrogen-bond acceptors (Lipinski definition) is 7. The maximum Gasteiger partial charge on any atom is 0.147 e. The number of anilines is 1. The molecule has 4 rings (SSSR count). The van der Waals surface area contributed by atoms with Gasteiger partial charge in [0.1, 0.15) is 17.7 Å². The van der Waals surface area contributed by atoms with E-state index in [1.165, 1.54) is 0 Å². The van der Waals surface area contributed by atoms with Gasteiger partial charge in [-0.2, -0.15) is 0 Å². The Kier molecular flexibility index (Phi) is 4.15. The van der Waals surface area contributed by atoms with Gasteiger partial charge in [-0.05, 0) is 26.0 Å². The van der Waals surface area contributed by atoms with Gasteiger partial charge < -0.3 is 14.2 Å². The Morgan fingerprint density at radius 1 is 1.20 bits per heavy atom. The lowest BCUT2D eigenvalue weighted by Gasteiger charge is -2.33. The van der Waals surface area contributed by atoms with Gasteiger partial charge in [-0.3, -0.25) is 4.98 Å². The molecular weight excluding hydrogens is 318 g/mol. The summed E-state index contributed by atoms with van der Waals surface area (Å²) in [5.74, 6) is 1.63. The molecule has 0 bridgehead atoms. The molecule has 0 unspecified atom stereocenters. The van der Waals surface area contributed by atoms with E-state index in [2.05, 4.69) is 20.0 Å². The molecule has 7 heteroatoms. The molecule has 128 valence electrons. The second-order valence-electron chi connectivity index (χ2n) is 6.02. The minimum atomic E-state index is -0.115. The van der Waals surface area contributed by atoms with Crippen LogP contribution >= 0.6 is 0 Å². The largest absolute Gasteiger partial charge is 0.368 e. The van der Waals surface area contributed by atoms with Crippen molar-refractivity contribution in [3.8, 4) is 11.3 Å². The number of aromatic nitrogens is 4. The molecule has 1 saturated heterocycles. The second-order valence-corrected chi connectivity index (χ2v) is 6.02. The molecule has 25 heavy (non-hydrogen) atoms. The van der Waals surface area contributed by atoms with E-state index >= 15 is 0 Å². The van der Waals surface area contributed by atoms with Crippen LogP contribution < -0.4 is 4.90 Å². The van der Waals surface area contributed by atoms with Gasteiger partial charge in [-0.15, -0.1) is 0 Å². The van der Waals surface area contributed by atoms with E-state index in [0.29, 0.717) is 13.2 Å². The fourth-order valence-electron chi connectivity index (χ4n) is 3.11. The molecule has 1 fully saturated rings. The fourth-order valence-corrected chi connectivity index (χ4v) is 3.11. The van der Waals surface area contributed by atoms with Crippen LogP contribution in [0.5, 0.6) is 0 Å². The summed E-state index contributed by atoms with van der Waals surface area (Å²) < 4.78 is 11.2. The first-order valence-corrected chi connectivity index (χ1v) is 8.25. The highest BCUT2D eigenvalue weighted by Gasteiger charge is 2.25. The van der Waals surface area contributed by atoms with Crippen molar-refractivity contribution in [3.63, 3.8) is 0 Å². The highest BCUT2D eigenvalue weighted by atomic mass is 16.5. The summed E-state index contributed by atoms with van der Waals surface area (Å²) in [7, 11) is 0. The summed E-state index contributed by atoms with van der Waals surface area (Å²) in [5, 5.41) is 4.02. The van der Waals surface area contributed by atoms with E-state index in [-0.39, 0.29) is 6.10 Å². The highest BCUT2D eigenvalue weighted by Crippen LogP contribution is 2.28. The van der Waals surface area contributed by atoms with E-state index in [0.717, 1.165) is 40.8 Å². The fraction of sp³-hybridized carbons (Fsp3) is 0.333. The number of hydrogen-bond donors (Lipinski definition) is 0. The van der Waals surface area contributed by atoms with E-state index in [9.17, 15) is 0 Å². The highest BCUT2D eigenvalue weighted by molar-refractivity contribution is 5.63. The number of rotatable bonds is 3. The van der Waals surface area contributed by atoms with Crippen LogP contribution in [0.25, 0.3) is 11.3 Å². The van der Waals surface area contributed by atoms with Crippen molar-refractivity contribution in [2.75, 3.05) is 24.6 Å². The van der Waals surface area contributed by atoms with Gasteiger partial charge in [0.15, 0.2) is 0 Å². The van der Waals surface area contributed by atoms with E-state index in [1.807, 2.05) is 32.0 Å². The van der Waals surface area contributed by atoms with Crippen LogP contribution in [0.1, 0.15) is 23.3 Å². The summed E-state index contributed by atoms with van der Waals surface area (Å²) in [6, 6.07) is 5.96. The zero-order valence-corrected chi connectivity index (χ0v) is 14.2. The molecule has 3 aromatic rings. The third kappa shape index (κ3) is 3.10. The predicted octanol–water partition coefficient (Wildman–Crippen LogP) is 2.72. The molecule has 1 aliphatic rings. The predicted molar refractivity (Wildman–Crippen MR) is 92.1 cm³/mol. The van der Waals surface area contributed by atoms with Gasteiger partial charge in [0.25, 0.3) is 0 Å². The zero-order valence-electron chi connectivity index (χ0n) is 14.2. The van der Waals surface area contributed by atoms with Crippen molar-refractivity contribution in [1.29, 1.82) is 0 Å².